The number of nitrogens with one attached hydrogen (secondary N) is 3. The van der Waals surface area contributed by atoms with Gasteiger partial charge in [0.15, 0.2) is 5.78 Å². The number of aromatic nitrogens is 1. The molecule has 10 aromatic carbocycles. The number of rotatable bonds is 32. The number of hydrogen-bond donors (Lipinski definition) is 5. The van der Waals surface area contributed by atoms with Crippen LogP contribution >= 0.6 is 0 Å². The van der Waals surface area contributed by atoms with E-state index in [-0.39, 0.29) is 35.7 Å². The molecule has 0 bridgehead atoms. The average Bonchev–Trinajstić information content (AvgIpc) is 1.28. The minimum Gasteiger partial charge on any atom is -0.494 e. The SMILES string of the molecule is CC(C)C1CCc2cc(F)ccc2O1.CC(C)c1ccc(NS(C)(=O)=O)cc1.CCCC(=O)Nc1ccc(OCC)c(C(C)=O)c1.CCOc1ccc(CCC(=O)OC)cc1.CCOc1ccc(COCCOC(C)C)cc1.CCOc1cccc2[nH]ccc12.CCOc1cccc2c1C[C@@H](O)[C@@H](O)C2.CCOc1cccc2ccccc12.CCOc1ccccc1C1CCCC1. The number of sulfonamides is 1. The first kappa shape index (κ1) is 109. The van der Waals surface area contributed by atoms with E-state index in [0.29, 0.717) is 126 Å². The van der Waals surface area contributed by atoms with Gasteiger partial charge < -0.3 is 72.6 Å². The monoisotopic (exact) mass is 1830 g/mol. The van der Waals surface area contributed by atoms with Crippen LogP contribution < -0.4 is 47.9 Å². The summed E-state index contributed by atoms with van der Waals surface area (Å²) in [7, 11) is -1.76. The van der Waals surface area contributed by atoms with Gasteiger partial charge in [0.2, 0.25) is 15.9 Å². The zero-order valence-electron chi connectivity index (χ0n) is 80.7. The van der Waals surface area contributed by atoms with Gasteiger partial charge in [-0.2, -0.15) is 0 Å². The first-order valence-corrected chi connectivity index (χ1v) is 48.4. The predicted molar refractivity (Wildman–Crippen MR) is 531 cm³/mol. The number of ketones is 1. The van der Waals surface area contributed by atoms with Crippen LogP contribution in [0.15, 0.2) is 225 Å². The van der Waals surface area contributed by atoms with Crippen LogP contribution in [0, 0.1) is 11.7 Å². The Morgan fingerprint density at radius 2 is 1.09 bits per heavy atom. The van der Waals surface area contributed by atoms with E-state index >= 15 is 0 Å². The van der Waals surface area contributed by atoms with Gasteiger partial charge in [-0.15, -0.1) is 0 Å². The highest BCUT2D eigenvalue weighted by atomic mass is 32.2. The molecule has 3 atom stereocenters. The van der Waals surface area contributed by atoms with Crippen LogP contribution in [-0.4, -0.2) is 139 Å². The number of H-pyrrole nitrogens is 1. The van der Waals surface area contributed by atoms with Gasteiger partial charge >= 0.3 is 5.97 Å². The van der Waals surface area contributed by atoms with Gasteiger partial charge in [-0.05, 0) is 273 Å². The molecule has 1 saturated carbocycles. The van der Waals surface area contributed by atoms with E-state index in [1.807, 2.05) is 203 Å². The van der Waals surface area contributed by atoms with Crippen LogP contribution in [0.1, 0.15) is 216 Å². The number of halogens is 1. The standard InChI is InChI=1S/C14H19NO3.C14H22O3.C13H18O.C12H15FO.2C12H16O3.C12H12O.C10H15NO2S.C10H11NO/c1-4-6-14(17)15-11-7-8-13(18-5-2)12(9-11)10(3)16;1-4-16-14-7-5-13(6-8-14)11-15-9-10-17-12(2)3;1-2-14-13-10-6-5-9-12(13)11-7-3-4-8-11;1-8(2)11-5-3-9-7-10(13)4-6-12(9)14-11;1-2-15-12-5-3-4-8-6-10(13)11(14)7-9(8)12;1-3-15-11-7-4-10(5-8-11)6-9-12(13)14-2;1-2-13-12-9-5-7-10-6-3-4-8-11(10)12;1-8(2)9-4-6-10(7-5-9)11-14(3,12)13;1-2-12-10-5-3-4-9-8(10)6-7-11-9/h7-9H,4-6H2,1-3H3,(H,15,17);5-8,12H,4,9-11H2,1-3H3;5-6,9-11H,2-4,7-8H2,1H3;4,6-8,11H,3,5H2,1-2H3;3-5,10-11,13-14H,2,6-7H2,1H3;4-5,7-8H,3,6,9H2,1-2H3;3-9H,2H2,1H3;4-8,11H,1-3H3;3-7,11H,2H2,1H3/t;;;;10-,11+;;;;/m....0..../s1. The van der Waals surface area contributed by atoms with E-state index in [4.69, 9.17) is 47.4 Å². The van der Waals surface area contributed by atoms with Crippen molar-refractivity contribution in [3.05, 3.63) is 275 Å². The van der Waals surface area contributed by atoms with E-state index in [2.05, 4.69) is 89.9 Å². The molecule has 23 heteroatoms. The van der Waals surface area contributed by atoms with Crippen molar-refractivity contribution in [1.82, 2.24) is 4.98 Å². The molecule has 14 rings (SSSR count). The zero-order chi connectivity index (χ0) is 96.2. The summed E-state index contributed by atoms with van der Waals surface area (Å²) in [5.74, 6) is 8.29. The topological polar surface area (TPSA) is 267 Å². The van der Waals surface area contributed by atoms with Gasteiger partial charge in [0.1, 0.15) is 57.9 Å². The Balaban J connectivity index is 0.000000229. The lowest BCUT2D eigenvalue weighted by Crippen LogP contribution is -2.34. The van der Waals surface area contributed by atoms with Crippen molar-refractivity contribution >= 4 is 60.7 Å². The fraction of sp³-hybridized carbons (Fsp3) is 0.422. The fourth-order valence-electron chi connectivity index (χ4n) is 14.4. The summed E-state index contributed by atoms with van der Waals surface area (Å²) in [4.78, 5) is 37.0. The van der Waals surface area contributed by atoms with E-state index in [1.54, 1.807) is 42.5 Å². The predicted octanol–water partition coefficient (Wildman–Crippen LogP) is 24.1. The third kappa shape index (κ3) is 39.9. The second-order valence-corrected chi connectivity index (χ2v) is 34.2. The second-order valence-electron chi connectivity index (χ2n) is 32.4. The summed E-state index contributed by atoms with van der Waals surface area (Å²) in [6, 6.07) is 69.7. The van der Waals surface area contributed by atoms with Gasteiger partial charge in [0.05, 0.1) is 103 Å². The Hall–Kier alpha value is -11.5. The molecule has 11 aromatic rings. The smallest absolute Gasteiger partial charge is 0.305 e. The summed E-state index contributed by atoms with van der Waals surface area (Å²) < 4.78 is 96.6. The van der Waals surface area contributed by atoms with Gasteiger partial charge in [-0.25, -0.2) is 12.8 Å². The van der Waals surface area contributed by atoms with Crippen LogP contribution in [0.4, 0.5) is 15.8 Å². The van der Waals surface area contributed by atoms with Crippen molar-refractivity contribution in [2.45, 2.75) is 224 Å². The normalized spacial score (nSPS) is 13.9. The molecule has 3 aliphatic rings. The number of carbonyl (C=O) groups is 3. The summed E-state index contributed by atoms with van der Waals surface area (Å²) in [6.45, 7) is 36.3. The molecule has 0 saturated heterocycles. The van der Waals surface area contributed by atoms with Crippen LogP contribution in [0.5, 0.6) is 46.0 Å². The molecule has 1 amide bonds. The highest BCUT2D eigenvalue weighted by Gasteiger charge is 2.28. The van der Waals surface area contributed by atoms with E-state index < -0.39 is 22.2 Å². The maximum atomic E-state index is 12.9. The first-order chi connectivity index (χ1) is 63.6. The number of hydrogen-bond acceptors (Lipinski definition) is 18. The molecule has 1 aromatic heterocycles. The highest BCUT2D eigenvalue weighted by molar-refractivity contribution is 7.92. The molecule has 1 aliphatic heterocycles. The number of amides is 1. The van der Waals surface area contributed by atoms with Crippen LogP contribution in [-0.2, 0) is 66.1 Å². The number of fused-ring (bicyclic) bond motifs is 4. The number of anilines is 2. The Bertz CT molecular complexity index is 5230. The van der Waals surface area contributed by atoms with Crippen LogP contribution in [0.3, 0.4) is 0 Å². The lowest BCUT2D eigenvalue weighted by molar-refractivity contribution is -0.140. The summed E-state index contributed by atoms with van der Waals surface area (Å²) >= 11 is 0. The molecule has 716 valence electrons. The van der Waals surface area contributed by atoms with Gasteiger partial charge in [0, 0.05) is 65.1 Å². The number of aryl methyl sites for hydroxylation is 2. The Labute approximate surface area is 784 Å². The quantitative estimate of drug-likeness (QED) is 0.0149. The number of Topliss-reactive ketones (excluding diaryl/α,β-unsaturated/α-hetero) is 1. The molecule has 0 radical (unpaired) electrons. The third-order valence-electron chi connectivity index (χ3n) is 21.0. The maximum absolute atomic E-state index is 12.9. The zero-order valence-corrected chi connectivity index (χ0v) is 81.5. The molecular formula is C109H144FN3O18S. The molecular weight excluding hydrogens is 1690 g/mol. The molecule has 2 aliphatic carbocycles. The highest BCUT2D eigenvalue weighted by Crippen LogP contribution is 2.39. The molecule has 1 unspecified atom stereocenters. The summed E-state index contributed by atoms with van der Waals surface area (Å²) in [5, 5.41) is 25.5. The number of carbonyl (C=O) groups excluding carboxylic acids is 3. The van der Waals surface area contributed by atoms with E-state index in [0.717, 1.165) is 117 Å². The largest absolute Gasteiger partial charge is 0.494 e. The number of ether oxygens (including phenoxy) is 11. The van der Waals surface area contributed by atoms with E-state index in [1.165, 1.54) is 67.7 Å². The minimum absolute atomic E-state index is 0.0452. The summed E-state index contributed by atoms with van der Waals surface area (Å²) in [5.41, 5.74) is 10.9. The number of aromatic amines is 1. The molecule has 2 heterocycles. The Morgan fingerprint density at radius 3 is 1.70 bits per heavy atom. The van der Waals surface area contributed by atoms with Crippen LogP contribution in [0.25, 0.3) is 21.7 Å². The number of aliphatic hydroxyl groups excluding tert-OH is 2. The fourth-order valence-corrected chi connectivity index (χ4v) is 15.0. The Kier molecular flexibility index (Phi) is 50.1. The van der Waals surface area contributed by atoms with Crippen LogP contribution in [0.2, 0.25) is 0 Å². The van der Waals surface area contributed by atoms with Gasteiger partial charge in [-0.3, -0.25) is 19.1 Å². The molecule has 132 heavy (non-hydrogen) atoms. The average molecular weight is 1840 g/mol. The lowest BCUT2D eigenvalue weighted by Gasteiger charge is -2.28. The van der Waals surface area contributed by atoms with Crippen molar-refractivity contribution in [1.29, 1.82) is 0 Å². The Morgan fingerprint density at radius 1 is 0.538 bits per heavy atom. The van der Waals surface area contributed by atoms with Gasteiger partial charge in [-0.1, -0.05) is 157 Å². The van der Waals surface area contributed by atoms with Crippen molar-refractivity contribution < 1.29 is 89.5 Å². The number of para-hydroxylation sites is 1. The number of aliphatic hydroxyl groups is 2. The third-order valence-corrected chi connectivity index (χ3v) is 21.6. The van der Waals surface area contributed by atoms with Crippen molar-refractivity contribution in [3.63, 3.8) is 0 Å². The maximum Gasteiger partial charge on any atom is 0.305 e. The molecule has 5 N–H and O–H groups in total. The van der Waals surface area contributed by atoms with Crippen molar-refractivity contribution in [3.8, 4) is 46.0 Å². The molecule has 21 nitrogen and oxygen atoms in total. The molecule has 0 spiro atoms. The number of esters is 1. The van der Waals surface area contributed by atoms with E-state index in [9.17, 15) is 37.4 Å². The summed E-state index contributed by atoms with van der Waals surface area (Å²) in [6.07, 6.45) is 13.1. The number of benzene rings is 10. The van der Waals surface area contributed by atoms with Gasteiger partial charge in [0.25, 0.3) is 0 Å². The minimum atomic E-state index is -3.16. The number of methoxy groups -OCH3 is 1. The first-order valence-electron chi connectivity index (χ1n) is 46.5. The second kappa shape index (κ2) is 60.6. The van der Waals surface area contributed by atoms with Crippen molar-refractivity contribution in [2.75, 3.05) is 82.9 Å². The lowest BCUT2D eigenvalue weighted by atomic mass is 9.87. The molecule has 1 fully saturated rings. The van der Waals surface area contributed by atoms with Crippen molar-refractivity contribution in [2.24, 2.45) is 5.92 Å².